The molecule has 1 amide bonds. The monoisotopic (exact) mass is 183 g/mol. The molecule has 1 aliphatic rings. The highest BCUT2D eigenvalue weighted by molar-refractivity contribution is 5.73. The second kappa shape index (κ2) is 2.93. The summed E-state index contributed by atoms with van der Waals surface area (Å²) in [5, 5.41) is 2.21. The molecule has 1 aromatic rings. The fourth-order valence-corrected chi connectivity index (χ4v) is 1.09. The van der Waals surface area contributed by atoms with Gasteiger partial charge < -0.3 is 14.8 Å². The highest BCUT2D eigenvalue weighted by atomic mass is 19.1. The molecule has 1 N–H and O–H groups in total. The van der Waals surface area contributed by atoms with Gasteiger partial charge in [0.05, 0.1) is 5.69 Å². The van der Waals surface area contributed by atoms with Crippen LogP contribution in [0, 0.1) is 5.82 Å². The Balaban J connectivity index is 2.42. The summed E-state index contributed by atoms with van der Waals surface area (Å²) in [7, 11) is 0. The van der Waals surface area contributed by atoms with Gasteiger partial charge in [0.1, 0.15) is 0 Å². The van der Waals surface area contributed by atoms with Crippen LogP contribution < -0.4 is 14.8 Å². The molecule has 1 heterocycles. The zero-order chi connectivity index (χ0) is 9.26. The van der Waals surface area contributed by atoms with E-state index < -0.39 is 5.82 Å². The normalized spacial score (nSPS) is 12.7. The van der Waals surface area contributed by atoms with Crippen LogP contribution in [0.5, 0.6) is 11.5 Å². The minimum absolute atomic E-state index is 0.0826. The lowest BCUT2D eigenvalue weighted by molar-refractivity contribution is -0.105. The number of halogens is 1. The van der Waals surface area contributed by atoms with Crippen molar-refractivity contribution >= 4 is 12.1 Å². The molecule has 0 unspecified atom stereocenters. The highest BCUT2D eigenvalue weighted by Gasteiger charge is 2.16. The van der Waals surface area contributed by atoms with Crippen LogP contribution in [0.1, 0.15) is 0 Å². The van der Waals surface area contributed by atoms with Gasteiger partial charge >= 0.3 is 0 Å². The number of hydrogen-bond donors (Lipinski definition) is 1. The summed E-state index contributed by atoms with van der Waals surface area (Å²) in [5.41, 5.74) is 0.0826. The molecule has 0 spiro atoms. The second-order valence-corrected chi connectivity index (χ2v) is 2.45. The molecule has 0 saturated carbocycles. The lowest BCUT2D eigenvalue weighted by Gasteiger charge is -2.02. The third-order valence-electron chi connectivity index (χ3n) is 1.68. The third-order valence-corrected chi connectivity index (χ3v) is 1.68. The van der Waals surface area contributed by atoms with Gasteiger partial charge in [-0.05, 0) is 0 Å². The molecule has 0 fully saturated rings. The van der Waals surface area contributed by atoms with E-state index in [2.05, 4.69) is 5.32 Å². The van der Waals surface area contributed by atoms with E-state index >= 15 is 0 Å². The first-order chi connectivity index (χ1) is 6.31. The number of anilines is 1. The van der Waals surface area contributed by atoms with Crippen molar-refractivity contribution < 1.29 is 18.7 Å². The van der Waals surface area contributed by atoms with Crippen LogP contribution in [0.2, 0.25) is 0 Å². The quantitative estimate of drug-likeness (QED) is 0.699. The van der Waals surface area contributed by atoms with E-state index in [-0.39, 0.29) is 12.5 Å². The molecule has 5 heteroatoms. The molecule has 0 aromatic heterocycles. The summed E-state index contributed by atoms with van der Waals surface area (Å²) in [5.74, 6) is 0.246. The minimum Gasteiger partial charge on any atom is -0.454 e. The number of amides is 1. The molecular weight excluding hydrogens is 177 g/mol. The van der Waals surface area contributed by atoms with E-state index in [9.17, 15) is 9.18 Å². The molecular formula is C8H6FNO3. The van der Waals surface area contributed by atoms with Crippen molar-refractivity contribution in [1.29, 1.82) is 0 Å². The van der Waals surface area contributed by atoms with E-state index in [0.29, 0.717) is 17.9 Å². The number of carbonyl (C=O) groups is 1. The van der Waals surface area contributed by atoms with Crippen molar-refractivity contribution in [3.8, 4) is 11.5 Å². The number of benzene rings is 1. The van der Waals surface area contributed by atoms with Gasteiger partial charge in [0.15, 0.2) is 17.3 Å². The van der Waals surface area contributed by atoms with Crippen LogP contribution in [0.3, 0.4) is 0 Å². The van der Waals surface area contributed by atoms with Gasteiger partial charge in [-0.1, -0.05) is 0 Å². The predicted molar refractivity (Wildman–Crippen MR) is 42.2 cm³/mol. The summed E-state index contributed by atoms with van der Waals surface area (Å²) in [6.07, 6.45) is 0.403. The van der Waals surface area contributed by atoms with Gasteiger partial charge in [-0.2, -0.15) is 0 Å². The lowest BCUT2D eigenvalue weighted by atomic mass is 10.2. The van der Waals surface area contributed by atoms with Crippen LogP contribution in [0.25, 0.3) is 0 Å². The average molecular weight is 183 g/mol. The first kappa shape index (κ1) is 7.85. The van der Waals surface area contributed by atoms with Crippen molar-refractivity contribution in [1.82, 2.24) is 0 Å². The largest absolute Gasteiger partial charge is 0.454 e. The smallest absolute Gasteiger partial charge is 0.231 e. The Kier molecular flexibility index (Phi) is 1.77. The Labute approximate surface area is 73.3 Å². The maximum absolute atomic E-state index is 13.1. The molecule has 0 saturated heterocycles. The highest BCUT2D eigenvalue weighted by Crippen LogP contribution is 2.35. The van der Waals surface area contributed by atoms with Crippen LogP contribution in [0.15, 0.2) is 12.1 Å². The standard InChI is InChI=1S/C8H6FNO3/c9-5-1-7-8(13-4-12-7)2-6(5)10-3-11/h1-3H,4H2,(H,10,11). The Morgan fingerprint density at radius 1 is 1.38 bits per heavy atom. The molecule has 0 radical (unpaired) electrons. The van der Waals surface area contributed by atoms with Gasteiger partial charge in [0.2, 0.25) is 13.2 Å². The first-order valence-corrected chi connectivity index (χ1v) is 3.60. The van der Waals surface area contributed by atoms with Gasteiger partial charge in [-0.3, -0.25) is 4.79 Å². The zero-order valence-corrected chi connectivity index (χ0v) is 6.54. The fraction of sp³-hybridized carbons (Fsp3) is 0.125. The number of carbonyl (C=O) groups excluding carboxylic acids is 1. The molecule has 1 aliphatic heterocycles. The zero-order valence-electron chi connectivity index (χ0n) is 6.54. The number of nitrogens with one attached hydrogen (secondary N) is 1. The second-order valence-electron chi connectivity index (χ2n) is 2.45. The average Bonchev–Trinajstić information content (AvgIpc) is 2.52. The van der Waals surface area contributed by atoms with Crippen LogP contribution in [0.4, 0.5) is 10.1 Å². The minimum atomic E-state index is -0.545. The van der Waals surface area contributed by atoms with Crippen molar-refractivity contribution in [2.45, 2.75) is 0 Å². The fourth-order valence-electron chi connectivity index (χ4n) is 1.09. The number of fused-ring (bicyclic) bond motifs is 1. The predicted octanol–water partition coefficient (Wildman–Crippen LogP) is 1.12. The molecule has 2 rings (SSSR count). The van der Waals surface area contributed by atoms with Gasteiger partial charge in [-0.15, -0.1) is 0 Å². The molecule has 0 atom stereocenters. The van der Waals surface area contributed by atoms with Crippen molar-refractivity contribution in [2.24, 2.45) is 0 Å². The Bertz CT molecular complexity index is 353. The van der Waals surface area contributed by atoms with Gasteiger partial charge in [-0.25, -0.2) is 4.39 Å². The summed E-state index contributed by atoms with van der Waals surface area (Å²) in [6.45, 7) is 0.0827. The Morgan fingerprint density at radius 2 is 2.08 bits per heavy atom. The number of ether oxygens (including phenoxy) is 2. The maximum Gasteiger partial charge on any atom is 0.231 e. The van der Waals surface area contributed by atoms with Crippen LogP contribution in [-0.4, -0.2) is 13.2 Å². The third kappa shape index (κ3) is 1.28. The lowest BCUT2D eigenvalue weighted by Crippen LogP contribution is -1.96. The number of hydrogen-bond acceptors (Lipinski definition) is 3. The number of rotatable bonds is 2. The van der Waals surface area contributed by atoms with E-state index in [0.717, 1.165) is 0 Å². The van der Waals surface area contributed by atoms with Crippen LogP contribution in [-0.2, 0) is 4.79 Å². The molecule has 13 heavy (non-hydrogen) atoms. The van der Waals surface area contributed by atoms with E-state index in [1.54, 1.807) is 0 Å². The summed E-state index contributed by atoms with van der Waals surface area (Å²) < 4.78 is 23.0. The molecule has 0 bridgehead atoms. The van der Waals surface area contributed by atoms with Crippen molar-refractivity contribution in [2.75, 3.05) is 12.1 Å². The van der Waals surface area contributed by atoms with E-state index in [4.69, 9.17) is 9.47 Å². The molecule has 0 aliphatic carbocycles. The van der Waals surface area contributed by atoms with Gasteiger partial charge in [0, 0.05) is 12.1 Å². The Hall–Kier alpha value is -1.78. The summed E-state index contributed by atoms with van der Waals surface area (Å²) in [4.78, 5) is 10.1. The summed E-state index contributed by atoms with van der Waals surface area (Å²) >= 11 is 0. The Morgan fingerprint density at radius 3 is 2.77 bits per heavy atom. The van der Waals surface area contributed by atoms with Crippen LogP contribution >= 0.6 is 0 Å². The van der Waals surface area contributed by atoms with Crippen molar-refractivity contribution in [3.63, 3.8) is 0 Å². The molecule has 1 aromatic carbocycles. The molecule has 4 nitrogen and oxygen atoms in total. The topological polar surface area (TPSA) is 47.6 Å². The SMILES string of the molecule is O=CNc1cc2c(cc1F)OCO2. The van der Waals surface area contributed by atoms with Crippen molar-refractivity contribution in [3.05, 3.63) is 17.9 Å². The van der Waals surface area contributed by atoms with E-state index in [1.165, 1.54) is 12.1 Å². The van der Waals surface area contributed by atoms with E-state index in [1.807, 2.05) is 0 Å². The maximum atomic E-state index is 13.1. The molecule has 68 valence electrons. The first-order valence-electron chi connectivity index (χ1n) is 3.60. The van der Waals surface area contributed by atoms with Gasteiger partial charge in [0.25, 0.3) is 0 Å². The summed E-state index contributed by atoms with van der Waals surface area (Å²) in [6, 6.07) is 2.56.